The van der Waals surface area contributed by atoms with Crippen molar-refractivity contribution in [3.8, 4) is 0 Å². The molecule has 0 aromatic rings. The van der Waals surface area contributed by atoms with Gasteiger partial charge in [-0.3, -0.25) is 0 Å². The summed E-state index contributed by atoms with van der Waals surface area (Å²) in [5, 5.41) is 23.7. The van der Waals surface area contributed by atoms with Crippen molar-refractivity contribution in [2.24, 2.45) is 0 Å². The number of carboxylic acids is 3. The minimum atomic E-state index is -0.935. The van der Waals surface area contributed by atoms with Crippen LogP contribution in [-0.2, 0) is 14.4 Å². The summed E-state index contributed by atoms with van der Waals surface area (Å²) in [7, 11) is 0. The molecule has 27 heavy (non-hydrogen) atoms. The topological polar surface area (TPSA) is 112 Å². The Hall–Kier alpha value is -3.15. The van der Waals surface area contributed by atoms with E-state index in [-0.39, 0.29) is 16.7 Å². The van der Waals surface area contributed by atoms with Gasteiger partial charge in [-0.05, 0) is 41.5 Å². The quantitative estimate of drug-likeness (QED) is 0.436. The SMILES string of the molecule is C=C(C)C(=O)O.C=C(C)C(=O)O.C=C(C)C(=O)O.C=CC.C=CC.C=CC. The van der Waals surface area contributed by atoms with Crippen LogP contribution >= 0.6 is 0 Å². The van der Waals surface area contributed by atoms with Gasteiger partial charge in [0, 0.05) is 16.7 Å². The van der Waals surface area contributed by atoms with E-state index in [1.165, 1.54) is 20.8 Å². The van der Waals surface area contributed by atoms with Crippen LogP contribution < -0.4 is 0 Å². The third-order valence-electron chi connectivity index (χ3n) is 1.10. The highest BCUT2D eigenvalue weighted by molar-refractivity contribution is 5.85. The summed E-state index contributed by atoms with van der Waals surface area (Å²) in [5.41, 5.74) is 0.528. The van der Waals surface area contributed by atoms with E-state index < -0.39 is 17.9 Å². The Labute approximate surface area is 164 Å². The smallest absolute Gasteiger partial charge is 0.330 e. The molecule has 0 bridgehead atoms. The third-order valence-corrected chi connectivity index (χ3v) is 1.10. The number of hydrogen-bond donors (Lipinski definition) is 3. The predicted molar refractivity (Wildman–Crippen MR) is 115 cm³/mol. The van der Waals surface area contributed by atoms with Crippen molar-refractivity contribution in [1.82, 2.24) is 0 Å². The van der Waals surface area contributed by atoms with E-state index in [9.17, 15) is 14.4 Å². The number of allylic oxidation sites excluding steroid dienone is 3. The van der Waals surface area contributed by atoms with E-state index in [0.29, 0.717) is 0 Å². The van der Waals surface area contributed by atoms with Gasteiger partial charge in [-0.2, -0.15) is 0 Å². The van der Waals surface area contributed by atoms with Crippen LogP contribution in [0.5, 0.6) is 0 Å². The van der Waals surface area contributed by atoms with Gasteiger partial charge in [-0.1, -0.05) is 38.0 Å². The molecule has 0 saturated carbocycles. The van der Waals surface area contributed by atoms with Gasteiger partial charge >= 0.3 is 17.9 Å². The monoisotopic (exact) mass is 384 g/mol. The van der Waals surface area contributed by atoms with E-state index in [4.69, 9.17) is 15.3 Å². The van der Waals surface area contributed by atoms with Crippen LogP contribution in [0.1, 0.15) is 41.5 Å². The van der Waals surface area contributed by atoms with Gasteiger partial charge in [0.2, 0.25) is 0 Å². The number of aliphatic carboxylic acids is 3. The second kappa shape index (κ2) is 34.2. The zero-order chi connectivity index (χ0) is 23.6. The fourth-order valence-electron chi connectivity index (χ4n) is 0. The maximum absolute atomic E-state index is 9.60. The molecular formula is C21H36O6. The fourth-order valence-corrected chi connectivity index (χ4v) is 0. The normalized spacial score (nSPS) is 6.44. The van der Waals surface area contributed by atoms with Crippen molar-refractivity contribution < 1.29 is 29.7 Å². The Morgan fingerprint density at radius 3 is 0.593 bits per heavy atom. The number of carbonyl (C=O) groups is 3. The summed E-state index contributed by atoms with van der Waals surface area (Å²) >= 11 is 0. The Morgan fingerprint density at radius 1 is 0.556 bits per heavy atom. The summed E-state index contributed by atoms with van der Waals surface area (Å²) in [6.07, 6.45) is 5.25. The van der Waals surface area contributed by atoms with Crippen LogP contribution in [0.4, 0.5) is 0 Å². The molecule has 0 aromatic carbocycles. The van der Waals surface area contributed by atoms with Crippen molar-refractivity contribution in [3.05, 3.63) is 74.4 Å². The zero-order valence-electron chi connectivity index (χ0n) is 17.5. The molecule has 6 heteroatoms. The van der Waals surface area contributed by atoms with Crippen molar-refractivity contribution in [1.29, 1.82) is 0 Å². The molecule has 0 atom stereocenters. The Bertz CT molecular complexity index is 378. The molecule has 6 nitrogen and oxygen atoms in total. The van der Waals surface area contributed by atoms with Crippen molar-refractivity contribution >= 4 is 17.9 Å². The highest BCUT2D eigenvalue weighted by atomic mass is 16.4. The molecule has 0 amide bonds. The standard InChI is InChI=1S/3C4H6O2.3C3H6/c3*1-3(2)4(5)6;3*1-3-2/h3*1H2,2H3,(H,5,6);3*3H,1H2,2H3. The van der Waals surface area contributed by atoms with Crippen molar-refractivity contribution in [2.75, 3.05) is 0 Å². The van der Waals surface area contributed by atoms with Crippen LogP contribution in [0.3, 0.4) is 0 Å². The van der Waals surface area contributed by atoms with Crippen LogP contribution in [0, 0.1) is 0 Å². The first kappa shape index (κ1) is 39.1. The molecule has 0 spiro atoms. The summed E-state index contributed by atoms with van der Waals surface area (Å²) < 4.78 is 0. The summed E-state index contributed by atoms with van der Waals surface area (Å²) in [6.45, 7) is 29.6. The molecular weight excluding hydrogens is 348 g/mol. The van der Waals surface area contributed by atoms with E-state index in [1.807, 2.05) is 20.8 Å². The maximum atomic E-state index is 9.60. The summed E-state index contributed by atoms with van der Waals surface area (Å²) in [4.78, 5) is 28.8. The van der Waals surface area contributed by atoms with Gasteiger partial charge in [-0.15, -0.1) is 19.7 Å². The van der Waals surface area contributed by atoms with Crippen LogP contribution in [0.25, 0.3) is 0 Å². The lowest BCUT2D eigenvalue weighted by Crippen LogP contribution is -1.92. The Balaban J connectivity index is -0.0000000506. The van der Waals surface area contributed by atoms with Crippen molar-refractivity contribution in [3.63, 3.8) is 0 Å². The van der Waals surface area contributed by atoms with Gasteiger partial charge in [0.25, 0.3) is 0 Å². The highest BCUT2D eigenvalue weighted by Gasteiger charge is 1.91. The third kappa shape index (κ3) is 127. The molecule has 0 radical (unpaired) electrons. The van der Waals surface area contributed by atoms with E-state index >= 15 is 0 Å². The summed E-state index contributed by atoms with van der Waals surface area (Å²) in [5.74, 6) is -2.81. The lowest BCUT2D eigenvalue weighted by molar-refractivity contribution is -0.133. The first-order chi connectivity index (χ1) is 12.2. The molecule has 0 saturated heterocycles. The van der Waals surface area contributed by atoms with Crippen LogP contribution in [0.2, 0.25) is 0 Å². The number of rotatable bonds is 3. The van der Waals surface area contributed by atoms with Gasteiger partial charge < -0.3 is 15.3 Å². The first-order valence-corrected chi connectivity index (χ1v) is 7.55. The van der Waals surface area contributed by atoms with Gasteiger partial charge in [0.05, 0.1) is 0 Å². The zero-order valence-corrected chi connectivity index (χ0v) is 17.5. The minimum Gasteiger partial charge on any atom is -0.478 e. The lowest BCUT2D eigenvalue weighted by Gasteiger charge is -1.79. The second-order valence-corrected chi connectivity index (χ2v) is 4.48. The molecule has 0 heterocycles. The summed E-state index contributed by atoms with van der Waals surface area (Å²) in [6, 6.07) is 0. The highest BCUT2D eigenvalue weighted by Crippen LogP contribution is 1.82. The Kier molecular flexibility index (Phi) is 49.6. The van der Waals surface area contributed by atoms with Gasteiger partial charge in [0.15, 0.2) is 0 Å². The largest absolute Gasteiger partial charge is 0.478 e. The molecule has 0 aromatic heterocycles. The molecule has 0 fully saturated rings. The van der Waals surface area contributed by atoms with E-state index in [1.54, 1.807) is 18.2 Å². The lowest BCUT2D eigenvalue weighted by atomic mass is 10.4. The number of hydrogen-bond acceptors (Lipinski definition) is 3. The fraction of sp³-hybridized carbons (Fsp3) is 0.286. The molecule has 0 aliphatic carbocycles. The van der Waals surface area contributed by atoms with Crippen LogP contribution in [0.15, 0.2) is 74.4 Å². The maximum Gasteiger partial charge on any atom is 0.330 e. The van der Waals surface area contributed by atoms with E-state index in [0.717, 1.165) is 0 Å². The second-order valence-electron chi connectivity index (χ2n) is 4.48. The average molecular weight is 385 g/mol. The molecule has 0 rings (SSSR count). The molecule has 0 aliphatic heterocycles. The average Bonchev–Trinajstić information content (AvgIpc) is 2.50. The Morgan fingerprint density at radius 2 is 0.593 bits per heavy atom. The predicted octanol–water partition coefficient (Wildman–Crippen LogP) is 5.52. The molecule has 0 unspecified atom stereocenters. The first-order valence-electron chi connectivity index (χ1n) is 7.55. The van der Waals surface area contributed by atoms with Crippen LogP contribution in [-0.4, -0.2) is 33.2 Å². The van der Waals surface area contributed by atoms with Gasteiger partial charge in [-0.25, -0.2) is 14.4 Å². The minimum absolute atomic E-state index is 0.176. The van der Waals surface area contributed by atoms with Gasteiger partial charge in [0.1, 0.15) is 0 Å². The van der Waals surface area contributed by atoms with Crippen molar-refractivity contribution in [2.45, 2.75) is 41.5 Å². The molecule has 156 valence electrons. The van der Waals surface area contributed by atoms with E-state index in [2.05, 4.69) is 39.5 Å². The molecule has 3 N–H and O–H groups in total. The number of carboxylic acid groups (broad SMARTS) is 3. The molecule has 0 aliphatic rings.